The Hall–Kier alpha value is -3.55. The van der Waals surface area contributed by atoms with Crippen LogP contribution in [0.1, 0.15) is 93.6 Å². The average molecular weight is 801 g/mol. The van der Waals surface area contributed by atoms with Crippen LogP contribution in [0.4, 0.5) is 5.69 Å². The van der Waals surface area contributed by atoms with Gasteiger partial charge in [0.1, 0.15) is 6.04 Å². The van der Waals surface area contributed by atoms with Gasteiger partial charge >= 0.3 is 0 Å². The van der Waals surface area contributed by atoms with Crippen molar-refractivity contribution in [1.82, 2.24) is 24.9 Å². The predicted molar refractivity (Wildman–Crippen MR) is 226 cm³/mol. The third kappa shape index (κ3) is 13.8. The molecule has 13 nitrogen and oxygen atoms in total. The molecule has 0 spiro atoms. The Morgan fingerprint density at radius 3 is 2.14 bits per heavy atom. The number of ether oxygens (including phenoxy) is 2. The molecular formula is C44H76N6O7. The summed E-state index contributed by atoms with van der Waals surface area (Å²) in [5, 5.41) is 5.98. The number of hydrogen-bond acceptors (Lipinski definition) is 8. The summed E-state index contributed by atoms with van der Waals surface area (Å²) in [5.74, 6) is -1.49. The maximum atomic E-state index is 14.3. The zero-order valence-electron chi connectivity index (χ0n) is 37.8. The number of carbonyl (C=O) groups is 5. The van der Waals surface area contributed by atoms with Crippen LogP contribution < -0.4 is 10.6 Å². The van der Waals surface area contributed by atoms with E-state index in [0.717, 1.165) is 24.1 Å². The zero-order valence-corrected chi connectivity index (χ0v) is 37.8. The van der Waals surface area contributed by atoms with Crippen LogP contribution in [0.5, 0.6) is 0 Å². The lowest BCUT2D eigenvalue weighted by atomic mass is 9.88. The number of methoxy groups -OCH3 is 2. The molecule has 0 bridgehead atoms. The van der Waals surface area contributed by atoms with E-state index in [4.69, 9.17) is 9.47 Å². The Morgan fingerprint density at radius 1 is 0.947 bits per heavy atom. The van der Waals surface area contributed by atoms with E-state index in [2.05, 4.69) is 24.5 Å². The molecule has 1 saturated heterocycles. The van der Waals surface area contributed by atoms with Gasteiger partial charge in [0, 0.05) is 59.6 Å². The number of rotatable bonds is 22. The second-order valence-electron chi connectivity index (χ2n) is 17.8. The third-order valence-electron chi connectivity index (χ3n) is 11.6. The zero-order chi connectivity index (χ0) is 43.4. The van der Waals surface area contributed by atoms with Crippen LogP contribution >= 0.6 is 0 Å². The van der Waals surface area contributed by atoms with E-state index in [9.17, 15) is 24.0 Å². The molecule has 0 saturated carbocycles. The van der Waals surface area contributed by atoms with E-state index in [1.807, 2.05) is 96.6 Å². The lowest BCUT2D eigenvalue weighted by Gasteiger charge is -2.41. The molecule has 2 rings (SSSR count). The van der Waals surface area contributed by atoms with Crippen LogP contribution in [0, 0.1) is 29.1 Å². The number of amides is 5. The lowest BCUT2D eigenvalue weighted by Crippen LogP contribution is -2.59. The van der Waals surface area contributed by atoms with Crippen molar-refractivity contribution >= 4 is 35.2 Å². The predicted octanol–water partition coefficient (Wildman–Crippen LogP) is 4.93. The molecule has 324 valence electrons. The molecule has 13 heteroatoms. The van der Waals surface area contributed by atoms with Gasteiger partial charge in [0.2, 0.25) is 29.5 Å². The number of benzene rings is 1. The van der Waals surface area contributed by atoms with Crippen LogP contribution in [-0.2, 0) is 39.9 Å². The van der Waals surface area contributed by atoms with Gasteiger partial charge in [-0.25, -0.2) is 0 Å². The van der Waals surface area contributed by atoms with Crippen LogP contribution in [0.15, 0.2) is 24.3 Å². The normalized spacial score (nSPS) is 17.9. The van der Waals surface area contributed by atoms with Crippen LogP contribution in [0.3, 0.4) is 0 Å². The Bertz CT molecular complexity index is 1480. The minimum atomic E-state index is -0.756. The highest BCUT2D eigenvalue weighted by atomic mass is 16.5. The van der Waals surface area contributed by atoms with Crippen molar-refractivity contribution in [3.63, 3.8) is 0 Å². The highest BCUT2D eigenvalue weighted by molar-refractivity contribution is 5.92. The molecule has 1 heterocycles. The summed E-state index contributed by atoms with van der Waals surface area (Å²) in [6, 6.07) is 6.17. The van der Waals surface area contributed by atoms with Crippen molar-refractivity contribution in [1.29, 1.82) is 0 Å². The van der Waals surface area contributed by atoms with Gasteiger partial charge in [-0.05, 0) is 76.7 Å². The number of nitrogens with zero attached hydrogens (tertiary/aromatic N) is 4. The molecule has 57 heavy (non-hydrogen) atoms. The van der Waals surface area contributed by atoms with E-state index >= 15 is 0 Å². The van der Waals surface area contributed by atoms with Gasteiger partial charge < -0.3 is 39.7 Å². The van der Waals surface area contributed by atoms with Gasteiger partial charge in [-0.15, -0.1) is 0 Å². The number of likely N-dealkylation sites (N-methyl/N-ethyl adjacent to an activating group) is 2. The molecule has 0 aliphatic carbocycles. The monoisotopic (exact) mass is 801 g/mol. The van der Waals surface area contributed by atoms with Crippen LogP contribution in [0.2, 0.25) is 0 Å². The first kappa shape index (κ1) is 49.6. The first-order valence-corrected chi connectivity index (χ1v) is 20.8. The Balaban J connectivity index is 2.21. The summed E-state index contributed by atoms with van der Waals surface area (Å²) in [6.45, 7) is 18.8. The van der Waals surface area contributed by atoms with Crippen molar-refractivity contribution < 1.29 is 33.4 Å². The first-order valence-electron chi connectivity index (χ1n) is 20.8. The second kappa shape index (κ2) is 22.6. The number of anilines is 1. The molecule has 1 aromatic carbocycles. The topological polar surface area (TPSA) is 141 Å². The summed E-state index contributed by atoms with van der Waals surface area (Å²) in [7, 11) is 10.5. The highest BCUT2D eigenvalue weighted by Crippen LogP contribution is 2.30. The van der Waals surface area contributed by atoms with Gasteiger partial charge in [-0.3, -0.25) is 24.0 Å². The lowest BCUT2D eigenvalue weighted by molar-refractivity contribution is -0.149. The Labute approximate surface area is 343 Å². The van der Waals surface area contributed by atoms with E-state index < -0.39 is 35.6 Å². The summed E-state index contributed by atoms with van der Waals surface area (Å²) in [4.78, 5) is 75.1. The van der Waals surface area contributed by atoms with Gasteiger partial charge in [0.05, 0.1) is 42.0 Å². The molecule has 7 atom stereocenters. The van der Waals surface area contributed by atoms with Gasteiger partial charge in [-0.2, -0.15) is 0 Å². The number of carbonyl (C=O) groups excluding carboxylic acids is 5. The fourth-order valence-corrected chi connectivity index (χ4v) is 8.08. The van der Waals surface area contributed by atoms with Gasteiger partial charge in [-0.1, -0.05) is 67.0 Å². The fourth-order valence-electron chi connectivity index (χ4n) is 8.08. The third-order valence-corrected chi connectivity index (χ3v) is 11.6. The molecule has 1 aromatic rings. The van der Waals surface area contributed by atoms with Crippen molar-refractivity contribution in [2.45, 2.75) is 125 Å². The smallest absolute Gasteiger partial charge is 0.245 e. The van der Waals surface area contributed by atoms with E-state index in [0.29, 0.717) is 32.5 Å². The molecule has 1 aliphatic rings. The van der Waals surface area contributed by atoms with Gasteiger partial charge in [0.25, 0.3) is 0 Å². The fraction of sp³-hybridized carbons (Fsp3) is 0.750. The van der Waals surface area contributed by atoms with Crippen molar-refractivity contribution in [3.05, 3.63) is 29.8 Å². The van der Waals surface area contributed by atoms with Crippen molar-refractivity contribution in [2.75, 3.05) is 67.4 Å². The largest absolute Gasteiger partial charge is 0.379 e. The number of hydrogen-bond donors (Lipinski definition) is 2. The Morgan fingerprint density at radius 2 is 1.60 bits per heavy atom. The summed E-state index contributed by atoms with van der Waals surface area (Å²) >= 11 is 0. The van der Waals surface area contributed by atoms with Crippen molar-refractivity contribution in [2.24, 2.45) is 29.1 Å². The summed E-state index contributed by atoms with van der Waals surface area (Å²) in [5.41, 5.74) is 1.02. The van der Waals surface area contributed by atoms with Crippen molar-refractivity contribution in [3.8, 4) is 0 Å². The quantitative estimate of drug-likeness (QED) is 0.168. The molecule has 1 fully saturated rings. The average Bonchev–Trinajstić information content (AvgIpc) is 3.64. The summed E-state index contributed by atoms with van der Waals surface area (Å²) in [6.07, 6.45) is 1.74. The highest BCUT2D eigenvalue weighted by Gasteiger charge is 2.43. The second-order valence-corrected chi connectivity index (χ2v) is 17.8. The molecule has 1 aliphatic heterocycles. The van der Waals surface area contributed by atoms with E-state index in [1.54, 1.807) is 38.1 Å². The van der Waals surface area contributed by atoms with E-state index in [1.165, 1.54) is 0 Å². The SMILES string of the molecule is CC[C@H](C)[C@@H]([C@@H](CC(=O)N1CCC[C@H]1[C@H](OC)[C@@H](C)C(=O)N(C)CCc1cccc(NC(=O)C(C)C)c1)OC)N(C)C(=O)[C@@H](NC(=O)C(C)(C)CN(C)C)C(C)C. The Kier molecular flexibility index (Phi) is 19.6. The summed E-state index contributed by atoms with van der Waals surface area (Å²) < 4.78 is 12.1. The minimum absolute atomic E-state index is 0.0130. The van der Waals surface area contributed by atoms with Crippen LogP contribution in [0.25, 0.3) is 0 Å². The molecule has 0 radical (unpaired) electrons. The number of nitrogens with one attached hydrogen (secondary N) is 2. The molecule has 0 unspecified atom stereocenters. The first-order chi connectivity index (χ1) is 26.6. The standard InChI is InChI=1S/C44H76N6O7/c1-16-30(6)38(49(13)42(54)37(28(2)3)46-43(55)44(8,9)27-47(10)11)35(56-14)26-36(51)50-23-18-21-34(50)39(57-15)31(7)41(53)48(12)24-22-32-19-17-20-33(25-32)45-40(52)29(4)5/h17,19-20,25,28-31,34-35,37-39H,16,18,21-24,26-27H2,1-15H3,(H,45,52)(H,46,55)/t30-,31+,34-,35+,37-,38-,39+/m0/s1. The molecule has 2 N–H and O–H groups in total. The van der Waals surface area contributed by atoms with E-state index in [-0.39, 0.29) is 59.8 Å². The van der Waals surface area contributed by atoms with Gasteiger partial charge in [0.15, 0.2) is 0 Å². The molecular weight excluding hydrogens is 725 g/mol. The minimum Gasteiger partial charge on any atom is -0.379 e. The maximum Gasteiger partial charge on any atom is 0.245 e. The molecule has 0 aromatic heterocycles. The van der Waals surface area contributed by atoms with Crippen LogP contribution in [-0.4, -0.2) is 142 Å². The molecule has 5 amide bonds. The number of likely N-dealkylation sites (tertiary alicyclic amines) is 1. The maximum absolute atomic E-state index is 14.3.